The van der Waals surface area contributed by atoms with Crippen molar-refractivity contribution in [2.45, 2.75) is 12.5 Å². The van der Waals surface area contributed by atoms with Crippen LogP contribution in [0.25, 0.3) is 0 Å². The van der Waals surface area contributed by atoms with E-state index in [-0.39, 0.29) is 19.0 Å². The van der Waals surface area contributed by atoms with Crippen molar-refractivity contribution in [1.82, 2.24) is 0 Å². The van der Waals surface area contributed by atoms with Gasteiger partial charge in [-0.25, -0.2) is 4.79 Å². The van der Waals surface area contributed by atoms with Crippen molar-refractivity contribution in [3.8, 4) is 5.75 Å². The number of para-hydroxylation sites is 1. The normalized spacial score (nSPS) is 11.4. The SMILES string of the molecule is COC(=O)C(Cc1ccc(OCCO)cc1)Nc1ccccc1C(=O)c1ccccc1. The topological polar surface area (TPSA) is 84.9 Å². The van der Waals surface area contributed by atoms with Crippen molar-refractivity contribution >= 4 is 17.4 Å². The van der Waals surface area contributed by atoms with Crippen LogP contribution >= 0.6 is 0 Å². The standard InChI is InChI=1S/C25H25NO5/c1-30-25(29)23(17-18-11-13-20(14-12-18)31-16-15-27)26-22-10-6-5-9-21(22)24(28)19-7-3-2-4-8-19/h2-14,23,26-27H,15-17H2,1H3. The minimum atomic E-state index is -0.682. The number of aliphatic hydroxyl groups excluding tert-OH is 1. The van der Waals surface area contributed by atoms with Crippen molar-refractivity contribution in [2.75, 3.05) is 25.6 Å². The molecule has 3 aromatic carbocycles. The molecule has 3 aromatic rings. The molecule has 0 amide bonds. The molecule has 0 radical (unpaired) electrons. The van der Waals surface area contributed by atoms with Gasteiger partial charge >= 0.3 is 5.97 Å². The third-order valence-electron chi connectivity index (χ3n) is 4.75. The lowest BCUT2D eigenvalue weighted by atomic mass is 10.00. The van der Waals surface area contributed by atoms with Gasteiger partial charge in [0.1, 0.15) is 18.4 Å². The molecule has 1 unspecified atom stereocenters. The molecule has 0 fully saturated rings. The number of benzene rings is 3. The van der Waals surface area contributed by atoms with Gasteiger partial charge in [-0.15, -0.1) is 0 Å². The smallest absolute Gasteiger partial charge is 0.328 e. The minimum Gasteiger partial charge on any atom is -0.491 e. The van der Waals surface area contributed by atoms with Gasteiger partial charge in [0.25, 0.3) is 0 Å². The molecule has 0 aliphatic rings. The van der Waals surface area contributed by atoms with Crippen LogP contribution < -0.4 is 10.1 Å². The number of anilines is 1. The summed E-state index contributed by atoms with van der Waals surface area (Å²) in [5.41, 5.74) is 2.51. The summed E-state index contributed by atoms with van der Waals surface area (Å²) in [4.78, 5) is 25.4. The molecule has 3 rings (SSSR count). The lowest BCUT2D eigenvalue weighted by Gasteiger charge is -2.20. The van der Waals surface area contributed by atoms with Gasteiger partial charge in [0, 0.05) is 23.2 Å². The Hall–Kier alpha value is -3.64. The predicted molar refractivity (Wildman–Crippen MR) is 118 cm³/mol. The first-order valence-electron chi connectivity index (χ1n) is 9.98. The van der Waals surface area contributed by atoms with E-state index in [2.05, 4.69) is 5.32 Å². The van der Waals surface area contributed by atoms with Crippen LogP contribution in [0.5, 0.6) is 5.75 Å². The van der Waals surface area contributed by atoms with Crippen LogP contribution in [0.1, 0.15) is 21.5 Å². The van der Waals surface area contributed by atoms with E-state index in [1.807, 2.05) is 36.4 Å². The van der Waals surface area contributed by atoms with Gasteiger partial charge < -0.3 is 19.9 Å². The van der Waals surface area contributed by atoms with Gasteiger partial charge in [-0.05, 0) is 29.8 Å². The number of methoxy groups -OCH3 is 1. The van der Waals surface area contributed by atoms with Crippen molar-refractivity contribution in [2.24, 2.45) is 0 Å². The molecule has 6 heteroatoms. The van der Waals surface area contributed by atoms with E-state index in [9.17, 15) is 9.59 Å². The zero-order valence-electron chi connectivity index (χ0n) is 17.3. The summed E-state index contributed by atoms with van der Waals surface area (Å²) in [6.45, 7) is 0.162. The molecule has 31 heavy (non-hydrogen) atoms. The second-order valence-corrected chi connectivity index (χ2v) is 6.88. The Morgan fingerprint density at radius 1 is 0.935 bits per heavy atom. The number of carbonyl (C=O) groups is 2. The average molecular weight is 419 g/mol. The first kappa shape index (κ1) is 22.1. The van der Waals surface area contributed by atoms with Gasteiger partial charge in [-0.1, -0.05) is 54.6 Å². The van der Waals surface area contributed by atoms with Crippen molar-refractivity contribution < 1.29 is 24.2 Å². The molecule has 0 aromatic heterocycles. The van der Waals surface area contributed by atoms with Crippen LogP contribution in [0.3, 0.4) is 0 Å². The highest BCUT2D eigenvalue weighted by molar-refractivity contribution is 6.12. The lowest BCUT2D eigenvalue weighted by Crippen LogP contribution is -2.33. The summed E-state index contributed by atoms with van der Waals surface area (Å²) in [7, 11) is 1.34. The second kappa shape index (κ2) is 10.9. The van der Waals surface area contributed by atoms with Crippen molar-refractivity contribution in [3.05, 3.63) is 95.6 Å². The Balaban J connectivity index is 1.80. The van der Waals surface area contributed by atoms with E-state index in [4.69, 9.17) is 14.6 Å². The molecular weight excluding hydrogens is 394 g/mol. The van der Waals surface area contributed by atoms with Crippen LogP contribution in [0.2, 0.25) is 0 Å². The van der Waals surface area contributed by atoms with E-state index < -0.39 is 12.0 Å². The molecule has 0 aliphatic heterocycles. The number of rotatable bonds is 10. The monoisotopic (exact) mass is 419 g/mol. The minimum absolute atomic E-state index is 0.0583. The summed E-state index contributed by atoms with van der Waals surface area (Å²) in [5, 5.41) is 12.0. The zero-order valence-corrected chi connectivity index (χ0v) is 17.3. The quantitative estimate of drug-likeness (QED) is 0.387. The van der Waals surface area contributed by atoms with Crippen molar-refractivity contribution in [3.63, 3.8) is 0 Å². The molecule has 0 bridgehead atoms. The summed E-state index contributed by atoms with van der Waals surface area (Å²) in [5.74, 6) is 0.0828. The number of hydrogen-bond acceptors (Lipinski definition) is 6. The third-order valence-corrected chi connectivity index (χ3v) is 4.75. The Morgan fingerprint density at radius 2 is 1.61 bits per heavy atom. The van der Waals surface area contributed by atoms with Gasteiger partial charge in [0.15, 0.2) is 5.78 Å². The fraction of sp³-hybridized carbons (Fsp3) is 0.200. The summed E-state index contributed by atoms with van der Waals surface area (Å²) in [6, 6.07) is 22.7. The highest BCUT2D eigenvalue weighted by Crippen LogP contribution is 2.22. The summed E-state index contributed by atoms with van der Waals surface area (Å²) < 4.78 is 10.3. The maximum Gasteiger partial charge on any atom is 0.328 e. The van der Waals surface area contributed by atoms with Crippen LogP contribution in [-0.2, 0) is 16.0 Å². The molecule has 0 saturated heterocycles. The van der Waals surface area contributed by atoms with Crippen LogP contribution in [0.15, 0.2) is 78.9 Å². The molecule has 1 atom stereocenters. The molecule has 0 heterocycles. The van der Waals surface area contributed by atoms with Crippen LogP contribution in [0.4, 0.5) is 5.69 Å². The largest absolute Gasteiger partial charge is 0.491 e. The maximum absolute atomic E-state index is 13.0. The second-order valence-electron chi connectivity index (χ2n) is 6.88. The zero-order chi connectivity index (χ0) is 22.1. The summed E-state index contributed by atoms with van der Waals surface area (Å²) in [6.07, 6.45) is 0.362. The molecular formula is C25H25NO5. The van der Waals surface area contributed by atoms with E-state index >= 15 is 0 Å². The van der Waals surface area contributed by atoms with Crippen molar-refractivity contribution in [1.29, 1.82) is 0 Å². The Labute approximate surface area is 181 Å². The van der Waals surface area contributed by atoms with Gasteiger partial charge in [-0.2, -0.15) is 0 Å². The number of ketones is 1. The molecule has 160 valence electrons. The predicted octanol–water partition coefficient (Wildman–Crippen LogP) is 3.48. The number of carbonyl (C=O) groups excluding carboxylic acids is 2. The molecule has 0 spiro atoms. The maximum atomic E-state index is 13.0. The highest BCUT2D eigenvalue weighted by atomic mass is 16.5. The van der Waals surface area contributed by atoms with Crippen LogP contribution in [0, 0.1) is 0 Å². The summed E-state index contributed by atoms with van der Waals surface area (Å²) >= 11 is 0. The number of hydrogen-bond donors (Lipinski definition) is 2. The van der Waals surface area contributed by atoms with Gasteiger partial charge in [0.2, 0.25) is 0 Å². The lowest BCUT2D eigenvalue weighted by molar-refractivity contribution is -0.141. The fourth-order valence-electron chi connectivity index (χ4n) is 3.20. The number of esters is 1. The van der Waals surface area contributed by atoms with E-state index in [1.54, 1.807) is 42.5 Å². The Morgan fingerprint density at radius 3 is 2.29 bits per heavy atom. The third kappa shape index (κ3) is 5.93. The Kier molecular flexibility index (Phi) is 7.79. The Bertz CT molecular complexity index is 1000. The van der Waals surface area contributed by atoms with Crippen LogP contribution in [-0.4, -0.2) is 43.2 Å². The molecule has 2 N–H and O–H groups in total. The first-order valence-corrected chi connectivity index (χ1v) is 9.98. The number of ether oxygens (including phenoxy) is 2. The number of aliphatic hydroxyl groups is 1. The molecule has 6 nitrogen and oxygen atoms in total. The first-order chi connectivity index (χ1) is 15.1. The fourth-order valence-corrected chi connectivity index (χ4v) is 3.20. The van der Waals surface area contributed by atoms with E-state index in [1.165, 1.54) is 7.11 Å². The van der Waals surface area contributed by atoms with E-state index in [0.29, 0.717) is 29.0 Å². The van der Waals surface area contributed by atoms with Gasteiger partial charge in [0.05, 0.1) is 13.7 Å². The van der Waals surface area contributed by atoms with Gasteiger partial charge in [-0.3, -0.25) is 4.79 Å². The number of nitrogens with one attached hydrogen (secondary N) is 1. The molecule has 0 saturated carbocycles. The highest BCUT2D eigenvalue weighted by Gasteiger charge is 2.22. The van der Waals surface area contributed by atoms with E-state index in [0.717, 1.165) is 5.56 Å². The average Bonchev–Trinajstić information content (AvgIpc) is 2.83. The molecule has 0 aliphatic carbocycles.